The van der Waals surface area contributed by atoms with Crippen molar-refractivity contribution in [1.29, 1.82) is 0 Å². The zero-order chi connectivity index (χ0) is 9.68. The topological polar surface area (TPSA) is 58.3 Å². The lowest BCUT2D eigenvalue weighted by Crippen LogP contribution is -2.05. The average Bonchev–Trinajstić information content (AvgIpc) is 2.09. The Kier molecular flexibility index (Phi) is 3.52. The maximum atomic E-state index is 13.1. The number of nitrogen functional groups attached to an aromatic ring is 1. The van der Waals surface area contributed by atoms with Gasteiger partial charge < -0.3 is 16.2 Å². The number of halogens is 1. The van der Waals surface area contributed by atoms with Crippen molar-refractivity contribution in [3.8, 4) is 0 Å². The van der Waals surface area contributed by atoms with Crippen LogP contribution in [0.4, 0.5) is 15.8 Å². The van der Waals surface area contributed by atoms with Crippen molar-refractivity contribution < 1.29 is 9.50 Å². The van der Waals surface area contributed by atoms with E-state index in [-0.39, 0.29) is 12.4 Å². The molecule has 0 aliphatic rings. The average molecular weight is 184 g/mol. The molecule has 3 nitrogen and oxygen atoms in total. The largest absolute Gasteiger partial charge is 0.399 e. The molecule has 0 aliphatic carbocycles. The lowest BCUT2D eigenvalue weighted by molar-refractivity contribution is 0.292. The van der Waals surface area contributed by atoms with E-state index in [9.17, 15) is 4.39 Å². The van der Waals surface area contributed by atoms with Crippen LogP contribution in [-0.2, 0) is 0 Å². The molecule has 0 radical (unpaired) electrons. The van der Waals surface area contributed by atoms with Gasteiger partial charge in [0.1, 0.15) is 5.82 Å². The third-order valence-corrected chi connectivity index (χ3v) is 1.64. The summed E-state index contributed by atoms with van der Waals surface area (Å²) in [4.78, 5) is 0. The van der Waals surface area contributed by atoms with E-state index in [1.54, 1.807) is 12.1 Å². The highest BCUT2D eigenvalue weighted by atomic mass is 19.1. The molecule has 4 heteroatoms. The molecule has 1 aromatic rings. The van der Waals surface area contributed by atoms with E-state index in [4.69, 9.17) is 10.8 Å². The van der Waals surface area contributed by atoms with Crippen LogP contribution in [0.5, 0.6) is 0 Å². The molecule has 4 N–H and O–H groups in total. The number of hydrogen-bond acceptors (Lipinski definition) is 3. The summed E-state index contributed by atoms with van der Waals surface area (Å²) >= 11 is 0. The van der Waals surface area contributed by atoms with Gasteiger partial charge in [0.15, 0.2) is 0 Å². The Morgan fingerprint density at radius 3 is 2.85 bits per heavy atom. The molecule has 0 heterocycles. The van der Waals surface area contributed by atoms with Crippen LogP contribution in [0.1, 0.15) is 6.42 Å². The smallest absolute Gasteiger partial charge is 0.148 e. The van der Waals surface area contributed by atoms with E-state index in [1.807, 2.05) is 0 Å². The highest BCUT2D eigenvalue weighted by Crippen LogP contribution is 2.16. The van der Waals surface area contributed by atoms with Gasteiger partial charge in [0, 0.05) is 18.8 Å². The second-order valence-electron chi connectivity index (χ2n) is 2.74. The van der Waals surface area contributed by atoms with Gasteiger partial charge in [0.05, 0.1) is 5.69 Å². The molecule has 0 unspecified atom stereocenters. The Bertz CT molecular complexity index is 278. The Balaban J connectivity index is 2.56. The lowest BCUT2D eigenvalue weighted by atomic mass is 10.2. The normalized spacial score (nSPS) is 10.0. The Morgan fingerprint density at radius 2 is 2.23 bits per heavy atom. The van der Waals surface area contributed by atoms with Crippen molar-refractivity contribution in [2.75, 3.05) is 24.2 Å². The molecule has 0 amide bonds. The molecular weight excluding hydrogens is 171 g/mol. The fraction of sp³-hybridized carbons (Fsp3) is 0.333. The number of aliphatic hydroxyl groups is 1. The van der Waals surface area contributed by atoms with E-state index in [2.05, 4.69) is 5.32 Å². The van der Waals surface area contributed by atoms with E-state index < -0.39 is 0 Å². The number of benzene rings is 1. The monoisotopic (exact) mass is 184 g/mol. The number of hydrogen-bond donors (Lipinski definition) is 3. The van der Waals surface area contributed by atoms with E-state index in [1.165, 1.54) is 6.07 Å². The van der Waals surface area contributed by atoms with Crippen LogP contribution in [-0.4, -0.2) is 18.3 Å². The van der Waals surface area contributed by atoms with E-state index >= 15 is 0 Å². The summed E-state index contributed by atoms with van der Waals surface area (Å²) in [5.74, 6) is -0.363. The molecule has 0 atom stereocenters. The lowest BCUT2D eigenvalue weighted by Gasteiger charge is -2.06. The third-order valence-electron chi connectivity index (χ3n) is 1.64. The van der Waals surface area contributed by atoms with Crippen LogP contribution in [0.25, 0.3) is 0 Å². The molecule has 72 valence electrons. The van der Waals surface area contributed by atoms with Gasteiger partial charge in [-0.15, -0.1) is 0 Å². The minimum absolute atomic E-state index is 0.101. The highest BCUT2D eigenvalue weighted by Gasteiger charge is 2.00. The standard InChI is InChI=1S/C9H13FN2O/c10-8-6-7(11)2-3-9(8)12-4-1-5-13/h2-3,6,12-13H,1,4-5,11H2. The summed E-state index contributed by atoms with van der Waals surface area (Å²) < 4.78 is 13.1. The molecule has 0 spiro atoms. The van der Waals surface area contributed by atoms with Gasteiger partial charge in [0.25, 0.3) is 0 Å². The van der Waals surface area contributed by atoms with Gasteiger partial charge in [0.2, 0.25) is 0 Å². The summed E-state index contributed by atoms with van der Waals surface area (Å²) in [6.07, 6.45) is 0.601. The van der Waals surface area contributed by atoms with Gasteiger partial charge in [-0.2, -0.15) is 0 Å². The molecule has 1 aromatic carbocycles. The van der Waals surface area contributed by atoms with Crippen LogP contribution in [0.2, 0.25) is 0 Å². The molecular formula is C9H13FN2O. The van der Waals surface area contributed by atoms with Gasteiger partial charge in [-0.05, 0) is 24.6 Å². The first-order chi connectivity index (χ1) is 6.24. The van der Waals surface area contributed by atoms with Crippen molar-refractivity contribution >= 4 is 11.4 Å². The molecule has 0 aliphatic heterocycles. The number of rotatable bonds is 4. The molecule has 0 bridgehead atoms. The fourth-order valence-corrected chi connectivity index (χ4v) is 0.977. The minimum atomic E-state index is -0.363. The number of aliphatic hydroxyl groups excluding tert-OH is 1. The zero-order valence-electron chi connectivity index (χ0n) is 7.26. The Labute approximate surface area is 76.4 Å². The quantitative estimate of drug-likeness (QED) is 0.487. The van der Waals surface area contributed by atoms with Gasteiger partial charge in [-0.25, -0.2) is 4.39 Å². The van der Waals surface area contributed by atoms with Gasteiger partial charge in [-0.3, -0.25) is 0 Å². The minimum Gasteiger partial charge on any atom is -0.399 e. The van der Waals surface area contributed by atoms with Crippen molar-refractivity contribution in [1.82, 2.24) is 0 Å². The number of nitrogens with two attached hydrogens (primary N) is 1. The first kappa shape index (κ1) is 9.80. The second-order valence-corrected chi connectivity index (χ2v) is 2.74. The highest BCUT2D eigenvalue weighted by molar-refractivity contribution is 5.52. The van der Waals surface area contributed by atoms with E-state index in [0.717, 1.165) is 0 Å². The molecule has 0 saturated heterocycles. The third kappa shape index (κ3) is 2.91. The zero-order valence-corrected chi connectivity index (χ0v) is 7.26. The van der Waals surface area contributed by atoms with Crippen molar-refractivity contribution in [3.05, 3.63) is 24.0 Å². The van der Waals surface area contributed by atoms with Crippen LogP contribution in [0.15, 0.2) is 18.2 Å². The Morgan fingerprint density at radius 1 is 1.46 bits per heavy atom. The molecule has 0 fully saturated rings. The predicted molar refractivity (Wildman–Crippen MR) is 51.0 cm³/mol. The number of nitrogens with one attached hydrogen (secondary N) is 1. The molecule has 0 saturated carbocycles. The first-order valence-corrected chi connectivity index (χ1v) is 4.14. The van der Waals surface area contributed by atoms with E-state index in [0.29, 0.717) is 24.3 Å². The van der Waals surface area contributed by atoms with Crippen LogP contribution >= 0.6 is 0 Å². The predicted octanol–water partition coefficient (Wildman–Crippen LogP) is 1.20. The SMILES string of the molecule is Nc1ccc(NCCCO)c(F)c1. The number of anilines is 2. The molecule has 1 rings (SSSR count). The van der Waals surface area contributed by atoms with Crippen LogP contribution in [0, 0.1) is 5.82 Å². The summed E-state index contributed by atoms with van der Waals surface area (Å²) in [7, 11) is 0. The van der Waals surface area contributed by atoms with Crippen molar-refractivity contribution in [2.24, 2.45) is 0 Å². The van der Waals surface area contributed by atoms with Crippen LogP contribution in [0.3, 0.4) is 0 Å². The second kappa shape index (κ2) is 4.67. The summed E-state index contributed by atoms with van der Waals surface area (Å²) in [6, 6.07) is 4.48. The summed E-state index contributed by atoms with van der Waals surface area (Å²) in [6.45, 7) is 0.654. The maximum absolute atomic E-state index is 13.1. The summed E-state index contributed by atoms with van der Waals surface area (Å²) in [5, 5.41) is 11.4. The fourth-order valence-electron chi connectivity index (χ4n) is 0.977. The maximum Gasteiger partial charge on any atom is 0.148 e. The van der Waals surface area contributed by atoms with Crippen LogP contribution < -0.4 is 11.1 Å². The Hall–Kier alpha value is -1.29. The van der Waals surface area contributed by atoms with Crippen molar-refractivity contribution in [3.63, 3.8) is 0 Å². The molecule has 0 aromatic heterocycles. The summed E-state index contributed by atoms with van der Waals surface area (Å²) in [5.41, 5.74) is 6.20. The first-order valence-electron chi connectivity index (χ1n) is 4.14. The molecule has 13 heavy (non-hydrogen) atoms. The van der Waals surface area contributed by atoms with Crippen molar-refractivity contribution in [2.45, 2.75) is 6.42 Å². The van der Waals surface area contributed by atoms with Gasteiger partial charge >= 0.3 is 0 Å². The van der Waals surface area contributed by atoms with Gasteiger partial charge in [-0.1, -0.05) is 0 Å².